The zero-order valence-electron chi connectivity index (χ0n) is 17.8. The molecule has 0 unspecified atom stereocenters. The van der Waals surface area contributed by atoms with E-state index in [4.69, 9.17) is 9.15 Å². The molecule has 3 aromatic rings. The van der Waals surface area contributed by atoms with Crippen molar-refractivity contribution in [2.75, 3.05) is 38.7 Å². The average Bonchev–Trinajstić information content (AvgIpc) is 3.42. The summed E-state index contributed by atoms with van der Waals surface area (Å²) in [4.78, 5) is 31.7. The van der Waals surface area contributed by atoms with Crippen LogP contribution in [0.2, 0.25) is 0 Å². The minimum Gasteiger partial charge on any atom is -0.459 e. The minimum atomic E-state index is -0.168. The van der Waals surface area contributed by atoms with Crippen LogP contribution in [0.15, 0.2) is 41.0 Å². The normalized spacial score (nSPS) is 16.5. The standard InChI is InChI=1S/C22H27N5O4/c1-26-18-8-7-15(13-17(18)25-22(26)23-9-12-30-2)20(28)24-16-5-3-10-27(14-16)21(29)19-6-4-11-31-19/h4,6-8,11,13,16H,3,5,9-10,12,14H2,1-2H3,(H,23,25)(H,24,28)/t16-/m1/s1. The second-order valence-electron chi connectivity index (χ2n) is 7.66. The molecule has 2 N–H and O–H groups in total. The maximum atomic E-state index is 12.9. The van der Waals surface area contributed by atoms with Crippen LogP contribution in [0.1, 0.15) is 33.8 Å². The van der Waals surface area contributed by atoms with Crippen LogP contribution in [0.3, 0.4) is 0 Å². The lowest BCUT2D eigenvalue weighted by Gasteiger charge is -2.32. The second kappa shape index (κ2) is 9.22. The van der Waals surface area contributed by atoms with E-state index in [1.54, 1.807) is 36.3 Å². The topological polar surface area (TPSA) is 102 Å². The predicted molar refractivity (Wildman–Crippen MR) is 116 cm³/mol. The molecule has 0 aliphatic carbocycles. The van der Waals surface area contributed by atoms with Gasteiger partial charge in [0.1, 0.15) is 0 Å². The lowest BCUT2D eigenvalue weighted by atomic mass is 10.0. The molecule has 2 amide bonds. The van der Waals surface area contributed by atoms with Gasteiger partial charge in [-0.05, 0) is 43.2 Å². The van der Waals surface area contributed by atoms with Gasteiger partial charge in [-0.25, -0.2) is 4.98 Å². The van der Waals surface area contributed by atoms with Gasteiger partial charge in [0.25, 0.3) is 11.8 Å². The number of furan rings is 1. The molecule has 1 aromatic carbocycles. The van der Waals surface area contributed by atoms with Crippen molar-refractivity contribution >= 4 is 28.8 Å². The Balaban J connectivity index is 1.42. The van der Waals surface area contributed by atoms with E-state index in [9.17, 15) is 9.59 Å². The molecular formula is C22H27N5O4. The first-order valence-electron chi connectivity index (χ1n) is 10.4. The minimum absolute atomic E-state index is 0.106. The third-order valence-corrected chi connectivity index (χ3v) is 5.51. The number of likely N-dealkylation sites (tertiary alicyclic amines) is 1. The molecular weight excluding hydrogens is 398 g/mol. The summed E-state index contributed by atoms with van der Waals surface area (Å²) in [6.07, 6.45) is 3.14. The fourth-order valence-corrected chi connectivity index (χ4v) is 3.87. The van der Waals surface area contributed by atoms with Crippen LogP contribution < -0.4 is 10.6 Å². The van der Waals surface area contributed by atoms with Gasteiger partial charge in [-0.1, -0.05) is 0 Å². The smallest absolute Gasteiger partial charge is 0.289 e. The number of aryl methyl sites for hydroxylation is 1. The first-order valence-corrected chi connectivity index (χ1v) is 10.4. The van der Waals surface area contributed by atoms with E-state index in [1.807, 2.05) is 17.7 Å². The largest absolute Gasteiger partial charge is 0.459 e. The van der Waals surface area contributed by atoms with E-state index in [-0.39, 0.29) is 17.9 Å². The number of anilines is 1. The molecule has 0 saturated carbocycles. The summed E-state index contributed by atoms with van der Waals surface area (Å²) >= 11 is 0. The molecule has 9 nitrogen and oxygen atoms in total. The summed E-state index contributed by atoms with van der Waals surface area (Å²) in [5.74, 6) is 0.734. The van der Waals surface area contributed by atoms with Crippen molar-refractivity contribution in [2.45, 2.75) is 18.9 Å². The molecule has 0 bridgehead atoms. The Morgan fingerprint density at radius 1 is 1.32 bits per heavy atom. The van der Waals surface area contributed by atoms with Gasteiger partial charge in [0.2, 0.25) is 5.95 Å². The maximum absolute atomic E-state index is 12.9. The van der Waals surface area contributed by atoms with E-state index >= 15 is 0 Å². The summed E-state index contributed by atoms with van der Waals surface area (Å²) in [6.45, 7) is 2.35. The van der Waals surface area contributed by atoms with Gasteiger partial charge in [-0.2, -0.15) is 0 Å². The Labute approximate surface area is 180 Å². The van der Waals surface area contributed by atoms with Crippen molar-refractivity contribution in [2.24, 2.45) is 7.05 Å². The van der Waals surface area contributed by atoms with Gasteiger partial charge in [0.05, 0.1) is 23.9 Å². The van der Waals surface area contributed by atoms with Crippen molar-refractivity contribution < 1.29 is 18.7 Å². The number of fused-ring (bicyclic) bond motifs is 1. The van der Waals surface area contributed by atoms with E-state index in [0.717, 1.165) is 29.8 Å². The summed E-state index contributed by atoms with van der Waals surface area (Å²) in [5, 5.41) is 6.29. The number of benzene rings is 1. The first kappa shape index (κ1) is 20.9. The Morgan fingerprint density at radius 2 is 2.19 bits per heavy atom. The molecule has 4 rings (SSSR count). The Morgan fingerprint density at radius 3 is 2.97 bits per heavy atom. The number of imidazole rings is 1. The molecule has 9 heteroatoms. The van der Waals surface area contributed by atoms with E-state index in [0.29, 0.717) is 37.6 Å². The van der Waals surface area contributed by atoms with E-state index in [2.05, 4.69) is 15.6 Å². The van der Waals surface area contributed by atoms with Crippen LogP contribution in [0.4, 0.5) is 5.95 Å². The van der Waals surface area contributed by atoms with Gasteiger partial charge >= 0.3 is 0 Å². The number of ether oxygens (including phenoxy) is 1. The zero-order valence-corrected chi connectivity index (χ0v) is 17.8. The van der Waals surface area contributed by atoms with Gasteiger partial charge < -0.3 is 29.3 Å². The summed E-state index contributed by atoms with van der Waals surface area (Å²) in [5.41, 5.74) is 2.22. The molecule has 31 heavy (non-hydrogen) atoms. The van der Waals surface area contributed by atoms with Gasteiger partial charge in [0.15, 0.2) is 5.76 Å². The SMILES string of the molecule is COCCNc1nc2cc(C(=O)N[C@@H]3CCCN(C(=O)c4ccco4)C3)ccc2n1C. The van der Waals surface area contributed by atoms with Crippen LogP contribution >= 0.6 is 0 Å². The van der Waals surface area contributed by atoms with Crippen molar-refractivity contribution in [3.8, 4) is 0 Å². The molecule has 2 aromatic heterocycles. The van der Waals surface area contributed by atoms with Crippen molar-refractivity contribution in [3.63, 3.8) is 0 Å². The van der Waals surface area contributed by atoms with Crippen LogP contribution in [-0.4, -0.2) is 65.7 Å². The number of hydrogen-bond donors (Lipinski definition) is 2. The van der Waals surface area contributed by atoms with Gasteiger partial charge in [0, 0.05) is 45.4 Å². The first-order chi connectivity index (χ1) is 15.1. The highest BCUT2D eigenvalue weighted by atomic mass is 16.5. The van der Waals surface area contributed by atoms with Crippen molar-refractivity contribution in [3.05, 3.63) is 47.9 Å². The Bertz CT molecular complexity index is 1060. The predicted octanol–water partition coefficient (Wildman–Crippen LogP) is 2.26. The zero-order chi connectivity index (χ0) is 21.8. The molecule has 1 atom stereocenters. The quantitative estimate of drug-likeness (QED) is 0.563. The van der Waals surface area contributed by atoms with Crippen LogP contribution in [0.25, 0.3) is 11.0 Å². The number of hydrogen-bond acceptors (Lipinski definition) is 6. The molecule has 1 saturated heterocycles. The number of nitrogens with one attached hydrogen (secondary N) is 2. The monoisotopic (exact) mass is 425 g/mol. The number of carbonyl (C=O) groups excluding carboxylic acids is 2. The Kier molecular flexibility index (Phi) is 6.22. The number of amides is 2. The van der Waals surface area contributed by atoms with Gasteiger partial charge in [-0.3, -0.25) is 9.59 Å². The fraction of sp³-hybridized carbons (Fsp3) is 0.409. The summed E-state index contributed by atoms with van der Waals surface area (Å²) in [7, 11) is 3.58. The number of aromatic nitrogens is 2. The molecule has 1 aliphatic rings. The molecule has 1 aliphatic heterocycles. The average molecular weight is 425 g/mol. The van der Waals surface area contributed by atoms with Gasteiger partial charge in [-0.15, -0.1) is 0 Å². The number of rotatable bonds is 7. The summed E-state index contributed by atoms with van der Waals surface area (Å²) in [6, 6.07) is 8.74. The van der Waals surface area contributed by atoms with Crippen LogP contribution in [0, 0.1) is 0 Å². The molecule has 164 valence electrons. The molecule has 0 spiro atoms. The highest BCUT2D eigenvalue weighted by Gasteiger charge is 2.27. The third kappa shape index (κ3) is 4.56. The fourth-order valence-electron chi connectivity index (χ4n) is 3.87. The van der Waals surface area contributed by atoms with Crippen LogP contribution in [0.5, 0.6) is 0 Å². The number of nitrogens with zero attached hydrogens (tertiary/aromatic N) is 3. The third-order valence-electron chi connectivity index (χ3n) is 5.51. The highest BCUT2D eigenvalue weighted by molar-refractivity contribution is 5.98. The lowest BCUT2D eigenvalue weighted by molar-refractivity contribution is 0.0647. The van der Waals surface area contributed by atoms with Crippen molar-refractivity contribution in [1.82, 2.24) is 19.8 Å². The lowest BCUT2D eigenvalue weighted by Crippen LogP contribution is -2.49. The number of carbonyl (C=O) groups is 2. The van der Waals surface area contributed by atoms with Crippen molar-refractivity contribution in [1.29, 1.82) is 0 Å². The number of methoxy groups -OCH3 is 1. The molecule has 0 radical (unpaired) electrons. The van der Waals surface area contributed by atoms with E-state index in [1.165, 1.54) is 6.26 Å². The molecule has 3 heterocycles. The van der Waals surface area contributed by atoms with E-state index < -0.39 is 0 Å². The maximum Gasteiger partial charge on any atom is 0.289 e. The Hall–Kier alpha value is -3.33. The highest BCUT2D eigenvalue weighted by Crippen LogP contribution is 2.20. The van der Waals surface area contributed by atoms with Crippen LogP contribution in [-0.2, 0) is 11.8 Å². The second-order valence-corrected chi connectivity index (χ2v) is 7.66. The summed E-state index contributed by atoms with van der Waals surface area (Å²) < 4.78 is 12.2. The molecule has 1 fully saturated rings. The number of piperidine rings is 1.